The SMILES string of the molecule is CCOc1cc([N+](=O)[O-])c(C(=O)OCC(=O)c2ccc(OC)c(Cl)c2)cc1OC. The van der Waals surface area contributed by atoms with E-state index in [-0.39, 0.29) is 34.3 Å². The maximum atomic E-state index is 12.4. The van der Waals surface area contributed by atoms with E-state index in [4.69, 9.17) is 30.5 Å². The summed E-state index contributed by atoms with van der Waals surface area (Å²) in [7, 11) is 2.76. The number of hydrogen-bond donors (Lipinski definition) is 0. The largest absolute Gasteiger partial charge is 0.495 e. The van der Waals surface area contributed by atoms with Gasteiger partial charge in [-0.25, -0.2) is 4.79 Å². The summed E-state index contributed by atoms with van der Waals surface area (Å²) in [6.45, 7) is 1.31. The Morgan fingerprint density at radius 2 is 1.76 bits per heavy atom. The van der Waals surface area contributed by atoms with Crippen molar-refractivity contribution in [2.24, 2.45) is 0 Å². The first-order valence-corrected chi connectivity index (χ1v) is 8.73. The van der Waals surface area contributed by atoms with Crippen molar-refractivity contribution >= 4 is 29.0 Å². The molecule has 0 aliphatic carbocycles. The Bertz CT molecular complexity index is 944. The van der Waals surface area contributed by atoms with Crippen molar-refractivity contribution in [1.82, 2.24) is 0 Å². The highest BCUT2D eigenvalue weighted by molar-refractivity contribution is 6.32. The Balaban J connectivity index is 2.22. The molecule has 0 spiro atoms. The van der Waals surface area contributed by atoms with Gasteiger partial charge >= 0.3 is 5.97 Å². The number of carbonyl (C=O) groups excluding carboxylic acids is 2. The van der Waals surface area contributed by atoms with Crippen molar-refractivity contribution < 1.29 is 33.5 Å². The molecule has 9 nitrogen and oxygen atoms in total. The van der Waals surface area contributed by atoms with E-state index < -0.39 is 29.0 Å². The first-order chi connectivity index (χ1) is 13.8. The standard InChI is InChI=1S/C19H18ClNO8/c1-4-28-18-9-14(21(24)25)12(8-17(18)27-3)19(23)29-10-15(22)11-5-6-16(26-2)13(20)7-11/h5-9H,4,10H2,1-3H3. The minimum Gasteiger partial charge on any atom is -0.495 e. The monoisotopic (exact) mass is 423 g/mol. The molecule has 0 aliphatic heterocycles. The van der Waals surface area contributed by atoms with Gasteiger partial charge in [-0.05, 0) is 25.1 Å². The van der Waals surface area contributed by atoms with Gasteiger partial charge in [0.05, 0.1) is 36.8 Å². The summed E-state index contributed by atoms with van der Waals surface area (Å²) in [6, 6.07) is 6.55. The van der Waals surface area contributed by atoms with Gasteiger partial charge in [-0.3, -0.25) is 14.9 Å². The highest BCUT2D eigenvalue weighted by atomic mass is 35.5. The smallest absolute Gasteiger partial charge is 0.345 e. The van der Waals surface area contributed by atoms with E-state index in [1.807, 2.05) is 0 Å². The van der Waals surface area contributed by atoms with Crippen molar-refractivity contribution in [3.8, 4) is 17.2 Å². The molecule has 10 heteroatoms. The summed E-state index contributed by atoms with van der Waals surface area (Å²) in [5.74, 6) is -0.966. The Morgan fingerprint density at radius 3 is 2.31 bits per heavy atom. The van der Waals surface area contributed by atoms with Gasteiger partial charge in [-0.2, -0.15) is 0 Å². The molecule has 0 saturated heterocycles. The second-order valence-corrected chi connectivity index (χ2v) is 5.97. The third-order valence-electron chi connectivity index (χ3n) is 3.81. The minimum absolute atomic E-state index is 0.113. The molecule has 0 saturated carbocycles. The van der Waals surface area contributed by atoms with Crippen molar-refractivity contribution in [2.75, 3.05) is 27.4 Å². The summed E-state index contributed by atoms with van der Waals surface area (Å²) in [5, 5.41) is 11.6. The second-order valence-electron chi connectivity index (χ2n) is 5.56. The van der Waals surface area contributed by atoms with E-state index >= 15 is 0 Å². The molecular weight excluding hydrogens is 406 g/mol. The number of Topliss-reactive ketones (excluding diaryl/α,β-unsaturated/α-hetero) is 1. The van der Waals surface area contributed by atoms with Crippen LogP contribution in [0.15, 0.2) is 30.3 Å². The van der Waals surface area contributed by atoms with Crippen LogP contribution >= 0.6 is 11.6 Å². The Hall–Kier alpha value is -3.33. The first kappa shape index (κ1) is 22.0. The third kappa shape index (κ3) is 5.14. The predicted octanol–water partition coefficient (Wildman–Crippen LogP) is 3.70. The Kier molecular flexibility index (Phi) is 7.38. The Labute approximate surface area is 171 Å². The maximum Gasteiger partial charge on any atom is 0.345 e. The van der Waals surface area contributed by atoms with E-state index in [0.717, 1.165) is 12.1 Å². The minimum atomic E-state index is -1.05. The number of ketones is 1. The van der Waals surface area contributed by atoms with Crippen LogP contribution in [0.5, 0.6) is 17.2 Å². The summed E-state index contributed by atoms with van der Waals surface area (Å²) >= 11 is 5.98. The lowest BCUT2D eigenvalue weighted by molar-refractivity contribution is -0.385. The van der Waals surface area contributed by atoms with Gasteiger partial charge in [-0.15, -0.1) is 0 Å². The number of halogens is 1. The number of nitro benzene ring substituents is 1. The van der Waals surface area contributed by atoms with Crippen LogP contribution < -0.4 is 14.2 Å². The van der Waals surface area contributed by atoms with Gasteiger partial charge < -0.3 is 18.9 Å². The predicted molar refractivity (Wildman–Crippen MR) is 103 cm³/mol. The lowest BCUT2D eigenvalue weighted by Crippen LogP contribution is -2.16. The maximum absolute atomic E-state index is 12.4. The van der Waals surface area contributed by atoms with Crippen molar-refractivity contribution in [3.05, 3.63) is 56.6 Å². The van der Waals surface area contributed by atoms with E-state index in [0.29, 0.717) is 5.75 Å². The van der Waals surface area contributed by atoms with Crippen LogP contribution in [0.25, 0.3) is 0 Å². The molecule has 0 fully saturated rings. The molecule has 0 atom stereocenters. The number of ether oxygens (including phenoxy) is 4. The average molecular weight is 424 g/mol. The molecule has 0 N–H and O–H groups in total. The number of nitro groups is 1. The van der Waals surface area contributed by atoms with Gasteiger partial charge in [0.15, 0.2) is 23.9 Å². The number of rotatable bonds is 9. The molecule has 0 aromatic heterocycles. The summed E-state index contributed by atoms with van der Waals surface area (Å²) in [6.07, 6.45) is 0. The molecular formula is C19H18ClNO8. The van der Waals surface area contributed by atoms with Gasteiger partial charge in [-0.1, -0.05) is 11.6 Å². The number of nitrogens with zero attached hydrogens (tertiary/aromatic N) is 1. The van der Waals surface area contributed by atoms with Crippen molar-refractivity contribution in [3.63, 3.8) is 0 Å². The quantitative estimate of drug-likeness (QED) is 0.259. The zero-order chi connectivity index (χ0) is 21.6. The molecule has 0 heterocycles. The molecule has 154 valence electrons. The third-order valence-corrected chi connectivity index (χ3v) is 4.10. The molecule has 2 aromatic carbocycles. The summed E-state index contributed by atoms with van der Waals surface area (Å²) in [4.78, 5) is 35.2. The van der Waals surface area contributed by atoms with Gasteiger partial charge in [0.25, 0.3) is 5.69 Å². The first-order valence-electron chi connectivity index (χ1n) is 8.35. The lowest BCUT2D eigenvalue weighted by atomic mass is 10.1. The number of methoxy groups -OCH3 is 2. The Morgan fingerprint density at radius 1 is 1.07 bits per heavy atom. The highest BCUT2D eigenvalue weighted by Crippen LogP contribution is 2.35. The van der Waals surface area contributed by atoms with E-state index in [1.165, 1.54) is 32.4 Å². The number of hydrogen-bond acceptors (Lipinski definition) is 8. The number of benzene rings is 2. The highest BCUT2D eigenvalue weighted by Gasteiger charge is 2.26. The topological polar surface area (TPSA) is 114 Å². The van der Waals surface area contributed by atoms with E-state index in [1.54, 1.807) is 6.92 Å². The fourth-order valence-corrected chi connectivity index (χ4v) is 2.68. The molecule has 0 aliphatic rings. The normalized spacial score (nSPS) is 10.2. The average Bonchev–Trinajstić information content (AvgIpc) is 2.71. The second kappa shape index (κ2) is 9.74. The molecule has 0 unspecified atom stereocenters. The fourth-order valence-electron chi connectivity index (χ4n) is 2.42. The number of esters is 1. The molecule has 0 bridgehead atoms. The molecule has 0 radical (unpaired) electrons. The van der Waals surface area contributed by atoms with Gasteiger partial charge in [0.2, 0.25) is 0 Å². The van der Waals surface area contributed by atoms with Crippen LogP contribution in [0.3, 0.4) is 0 Å². The molecule has 2 aromatic rings. The van der Waals surface area contributed by atoms with Crippen LogP contribution in [-0.2, 0) is 4.74 Å². The van der Waals surface area contributed by atoms with Crippen LogP contribution in [0, 0.1) is 10.1 Å². The van der Waals surface area contributed by atoms with Gasteiger partial charge in [0.1, 0.15) is 11.3 Å². The van der Waals surface area contributed by atoms with Crippen LogP contribution in [0.2, 0.25) is 5.02 Å². The summed E-state index contributed by atoms with van der Waals surface area (Å²) in [5.41, 5.74) is -0.697. The molecule has 2 rings (SSSR count). The zero-order valence-electron chi connectivity index (χ0n) is 15.9. The van der Waals surface area contributed by atoms with E-state index in [2.05, 4.69) is 0 Å². The molecule has 29 heavy (non-hydrogen) atoms. The number of carbonyl (C=O) groups is 2. The van der Waals surface area contributed by atoms with Crippen molar-refractivity contribution in [2.45, 2.75) is 6.92 Å². The zero-order valence-corrected chi connectivity index (χ0v) is 16.6. The van der Waals surface area contributed by atoms with Crippen LogP contribution in [-0.4, -0.2) is 44.1 Å². The van der Waals surface area contributed by atoms with Crippen LogP contribution in [0.4, 0.5) is 5.69 Å². The van der Waals surface area contributed by atoms with Crippen molar-refractivity contribution in [1.29, 1.82) is 0 Å². The van der Waals surface area contributed by atoms with E-state index in [9.17, 15) is 19.7 Å². The molecule has 0 amide bonds. The lowest BCUT2D eigenvalue weighted by Gasteiger charge is -2.11. The summed E-state index contributed by atoms with van der Waals surface area (Å²) < 4.78 is 20.4. The van der Waals surface area contributed by atoms with Gasteiger partial charge in [0, 0.05) is 11.6 Å². The van der Waals surface area contributed by atoms with Crippen LogP contribution in [0.1, 0.15) is 27.6 Å². The fraction of sp³-hybridized carbons (Fsp3) is 0.263.